The SMILES string of the molecule is O=C(CNC(=O)Cc1cccc2ccccc12)NCC(c1ccccc1Cl)N1CCOCC1. The van der Waals surface area contributed by atoms with Crippen molar-refractivity contribution >= 4 is 34.2 Å². The number of nitrogens with one attached hydrogen (secondary N) is 2. The molecule has 2 amide bonds. The van der Waals surface area contributed by atoms with E-state index in [0.717, 1.165) is 35.0 Å². The molecule has 7 heteroatoms. The zero-order valence-corrected chi connectivity index (χ0v) is 19.2. The summed E-state index contributed by atoms with van der Waals surface area (Å²) in [4.78, 5) is 27.3. The number of carbonyl (C=O) groups excluding carboxylic acids is 2. The van der Waals surface area contributed by atoms with Crippen LogP contribution >= 0.6 is 11.6 Å². The molecule has 2 N–H and O–H groups in total. The van der Waals surface area contributed by atoms with Crippen molar-refractivity contribution in [2.24, 2.45) is 0 Å². The molecular formula is C26H28ClN3O3. The molecule has 1 aliphatic rings. The van der Waals surface area contributed by atoms with Crippen LogP contribution in [0.1, 0.15) is 17.2 Å². The normalized spacial score (nSPS) is 15.2. The summed E-state index contributed by atoms with van der Waals surface area (Å²) < 4.78 is 5.47. The molecule has 1 aliphatic heterocycles. The predicted molar refractivity (Wildman–Crippen MR) is 130 cm³/mol. The number of ether oxygens (including phenoxy) is 1. The fourth-order valence-corrected chi connectivity index (χ4v) is 4.47. The Morgan fingerprint density at radius 2 is 1.64 bits per heavy atom. The van der Waals surface area contributed by atoms with Gasteiger partial charge in [-0.2, -0.15) is 0 Å². The molecule has 4 rings (SSSR count). The van der Waals surface area contributed by atoms with Crippen molar-refractivity contribution in [3.05, 3.63) is 82.9 Å². The van der Waals surface area contributed by atoms with Crippen molar-refractivity contribution in [1.82, 2.24) is 15.5 Å². The topological polar surface area (TPSA) is 70.7 Å². The maximum Gasteiger partial charge on any atom is 0.239 e. The average Bonchev–Trinajstić information content (AvgIpc) is 2.85. The summed E-state index contributed by atoms with van der Waals surface area (Å²) in [5.41, 5.74) is 1.92. The van der Waals surface area contributed by atoms with Crippen LogP contribution in [0.3, 0.4) is 0 Å². The van der Waals surface area contributed by atoms with Crippen LogP contribution in [0.15, 0.2) is 66.7 Å². The highest BCUT2D eigenvalue weighted by Gasteiger charge is 2.24. The fraction of sp³-hybridized carbons (Fsp3) is 0.308. The summed E-state index contributed by atoms with van der Waals surface area (Å²) >= 11 is 6.45. The van der Waals surface area contributed by atoms with Gasteiger partial charge >= 0.3 is 0 Å². The molecule has 0 aliphatic carbocycles. The standard InChI is InChI=1S/C26H28ClN3O3/c27-23-11-4-3-10-22(23)24(30-12-14-33-15-13-30)17-28-26(32)18-29-25(31)16-20-8-5-7-19-6-1-2-9-21(19)20/h1-11,24H,12-18H2,(H,28,32)(H,29,31). The quantitative estimate of drug-likeness (QED) is 0.535. The third-order valence-electron chi connectivity index (χ3n) is 5.92. The lowest BCUT2D eigenvalue weighted by Gasteiger charge is -2.35. The minimum absolute atomic E-state index is 0.0575. The van der Waals surface area contributed by atoms with Crippen LogP contribution < -0.4 is 10.6 Å². The molecule has 6 nitrogen and oxygen atoms in total. The van der Waals surface area contributed by atoms with Gasteiger partial charge < -0.3 is 15.4 Å². The van der Waals surface area contributed by atoms with Crippen molar-refractivity contribution in [1.29, 1.82) is 0 Å². The maximum atomic E-state index is 12.5. The molecule has 0 bridgehead atoms. The van der Waals surface area contributed by atoms with E-state index in [1.54, 1.807) is 0 Å². The van der Waals surface area contributed by atoms with Crippen LogP contribution in [0.25, 0.3) is 10.8 Å². The summed E-state index contributed by atoms with van der Waals surface area (Å²) in [6.45, 7) is 3.18. The van der Waals surface area contributed by atoms with E-state index in [-0.39, 0.29) is 30.8 Å². The number of benzene rings is 3. The lowest BCUT2D eigenvalue weighted by molar-refractivity contribution is -0.125. The van der Waals surface area contributed by atoms with Crippen molar-refractivity contribution in [3.63, 3.8) is 0 Å². The number of rotatable bonds is 8. The summed E-state index contributed by atoms with van der Waals surface area (Å²) in [7, 11) is 0. The summed E-state index contributed by atoms with van der Waals surface area (Å²) in [6, 6.07) is 21.5. The first kappa shape index (κ1) is 23.2. The number of amides is 2. The number of carbonyl (C=O) groups is 2. The average molecular weight is 466 g/mol. The Bertz CT molecular complexity index is 1110. The number of hydrogen-bond donors (Lipinski definition) is 2. The fourth-order valence-electron chi connectivity index (χ4n) is 4.20. The van der Waals surface area contributed by atoms with Gasteiger partial charge in [-0.1, -0.05) is 72.3 Å². The number of hydrogen-bond acceptors (Lipinski definition) is 4. The molecule has 1 saturated heterocycles. The molecule has 33 heavy (non-hydrogen) atoms. The van der Waals surface area contributed by atoms with Gasteiger partial charge in [-0.25, -0.2) is 0 Å². The van der Waals surface area contributed by atoms with Gasteiger partial charge in [0.15, 0.2) is 0 Å². The second-order valence-corrected chi connectivity index (χ2v) is 8.49. The summed E-state index contributed by atoms with van der Waals surface area (Å²) in [5, 5.41) is 8.51. The summed E-state index contributed by atoms with van der Waals surface area (Å²) in [6.07, 6.45) is 0.227. The van der Waals surface area contributed by atoms with E-state index in [1.807, 2.05) is 66.7 Å². The predicted octanol–water partition coefficient (Wildman–Crippen LogP) is 3.34. The number of nitrogens with zero attached hydrogens (tertiary/aromatic N) is 1. The molecule has 0 spiro atoms. The molecule has 172 valence electrons. The van der Waals surface area contributed by atoms with Gasteiger partial charge in [0.2, 0.25) is 11.8 Å². The van der Waals surface area contributed by atoms with Crippen molar-refractivity contribution in [3.8, 4) is 0 Å². The minimum Gasteiger partial charge on any atom is -0.379 e. The first-order chi connectivity index (χ1) is 16.1. The lowest BCUT2D eigenvalue weighted by atomic mass is 10.0. The first-order valence-corrected chi connectivity index (χ1v) is 11.6. The van der Waals surface area contributed by atoms with E-state index in [0.29, 0.717) is 24.8 Å². The number of fused-ring (bicyclic) bond motifs is 1. The highest BCUT2D eigenvalue weighted by molar-refractivity contribution is 6.31. The zero-order chi connectivity index (χ0) is 23.0. The van der Waals surface area contributed by atoms with Crippen molar-refractivity contribution in [2.45, 2.75) is 12.5 Å². The Kier molecular flexibility index (Phi) is 7.94. The largest absolute Gasteiger partial charge is 0.379 e. The van der Waals surface area contributed by atoms with E-state index < -0.39 is 0 Å². The van der Waals surface area contributed by atoms with Crippen LogP contribution in [0, 0.1) is 0 Å². The van der Waals surface area contributed by atoms with Crippen LogP contribution in [0.4, 0.5) is 0 Å². The Balaban J connectivity index is 1.32. The highest BCUT2D eigenvalue weighted by atomic mass is 35.5. The van der Waals surface area contributed by atoms with Gasteiger partial charge in [0, 0.05) is 24.7 Å². The van der Waals surface area contributed by atoms with Gasteiger partial charge in [0.05, 0.1) is 32.2 Å². The third kappa shape index (κ3) is 6.11. The van der Waals surface area contributed by atoms with Gasteiger partial charge in [0.1, 0.15) is 0 Å². The molecule has 3 aromatic rings. The van der Waals surface area contributed by atoms with E-state index in [4.69, 9.17) is 16.3 Å². The second-order valence-electron chi connectivity index (χ2n) is 8.08. The zero-order valence-electron chi connectivity index (χ0n) is 18.4. The number of morpholine rings is 1. The smallest absolute Gasteiger partial charge is 0.239 e. The monoisotopic (exact) mass is 465 g/mol. The van der Waals surface area contributed by atoms with Gasteiger partial charge in [0.25, 0.3) is 0 Å². The van der Waals surface area contributed by atoms with Crippen LogP contribution in [-0.2, 0) is 20.7 Å². The number of halogens is 1. The maximum absolute atomic E-state index is 12.5. The second kappa shape index (κ2) is 11.3. The van der Waals surface area contributed by atoms with E-state index in [1.165, 1.54) is 0 Å². The summed E-state index contributed by atoms with van der Waals surface area (Å²) in [5.74, 6) is -0.413. The molecule has 1 unspecified atom stereocenters. The van der Waals surface area contributed by atoms with Gasteiger partial charge in [-0.05, 0) is 28.0 Å². The molecule has 0 radical (unpaired) electrons. The molecular weight excluding hydrogens is 438 g/mol. The van der Waals surface area contributed by atoms with Crippen LogP contribution in [0.5, 0.6) is 0 Å². The van der Waals surface area contributed by atoms with Crippen LogP contribution in [-0.4, -0.2) is 56.1 Å². The van der Waals surface area contributed by atoms with Crippen molar-refractivity contribution in [2.75, 3.05) is 39.4 Å². The molecule has 0 saturated carbocycles. The van der Waals surface area contributed by atoms with E-state index >= 15 is 0 Å². The highest BCUT2D eigenvalue weighted by Crippen LogP contribution is 2.27. The Morgan fingerprint density at radius 3 is 2.45 bits per heavy atom. The van der Waals surface area contributed by atoms with Gasteiger partial charge in [-0.3, -0.25) is 14.5 Å². The first-order valence-electron chi connectivity index (χ1n) is 11.2. The van der Waals surface area contributed by atoms with E-state index in [9.17, 15) is 9.59 Å². The van der Waals surface area contributed by atoms with Crippen molar-refractivity contribution < 1.29 is 14.3 Å². The molecule has 0 aromatic heterocycles. The van der Waals surface area contributed by atoms with Gasteiger partial charge in [-0.15, -0.1) is 0 Å². The minimum atomic E-state index is -0.230. The van der Waals surface area contributed by atoms with E-state index in [2.05, 4.69) is 15.5 Å². The Labute approximate surface area is 198 Å². The third-order valence-corrected chi connectivity index (χ3v) is 6.26. The molecule has 1 heterocycles. The van der Waals surface area contributed by atoms with Crippen LogP contribution in [0.2, 0.25) is 5.02 Å². The molecule has 3 aromatic carbocycles. The molecule has 1 atom stereocenters. The lowest BCUT2D eigenvalue weighted by Crippen LogP contribution is -2.45. The Morgan fingerprint density at radius 1 is 0.909 bits per heavy atom. The molecule has 1 fully saturated rings. The Hall–Kier alpha value is -2.93.